The van der Waals surface area contributed by atoms with Crippen LogP contribution in [0.1, 0.15) is 25.7 Å². The van der Waals surface area contributed by atoms with Gasteiger partial charge in [0.15, 0.2) is 0 Å². The fraction of sp³-hybridized carbons (Fsp3) is 0.909. The standard InChI is InChI=1S/C11H21NO4/c1-16-7-10(6-13)12-9-4-2-3-8(5-9)11(14)15/h8-10,12-13H,2-7H2,1H3,(H,14,15). The fourth-order valence-electron chi connectivity index (χ4n) is 2.25. The number of aliphatic hydroxyl groups excluding tert-OH is 1. The summed E-state index contributed by atoms with van der Waals surface area (Å²) < 4.78 is 4.97. The summed E-state index contributed by atoms with van der Waals surface area (Å²) in [5, 5.41) is 21.3. The third-order valence-electron chi connectivity index (χ3n) is 3.08. The molecule has 3 unspecified atom stereocenters. The number of aliphatic hydroxyl groups is 1. The molecule has 16 heavy (non-hydrogen) atoms. The van der Waals surface area contributed by atoms with Crippen LogP contribution in [-0.4, -0.2) is 48.6 Å². The first-order valence-electron chi connectivity index (χ1n) is 5.76. The Morgan fingerprint density at radius 2 is 2.31 bits per heavy atom. The van der Waals surface area contributed by atoms with E-state index in [1.54, 1.807) is 7.11 Å². The Balaban J connectivity index is 2.38. The van der Waals surface area contributed by atoms with Crippen molar-refractivity contribution in [2.75, 3.05) is 20.3 Å². The Hall–Kier alpha value is -0.650. The molecule has 0 saturated heterocycles. The maximum atomic E-state index is 10.9. The molecule has 0 bridgehead atoms. The summed E-state index contributed by atoms with van der Waals surface area (Å²) in [6, 6.07) is 0.0877. The van der Waals surface area contributed by atoms with Crippen LogP contribution < -0.4 is 5.32 Å². The van der Waals surface area contributed by atoms with E-state index in [0.717, 1.165) is 19.3 Å². The molecule has 3 N–H and O–H groups in total. The summed E-state index contributed by atoms with van der Waals surface area (Å²) in [6.07, 6.45) is 3.32. The number of methoxy groups -OCH3 is 1. The molecule has 0 aromatic carbocycles. The minimum Gasteiger partial charge on any atom is -0.481 e. The van der Waals surface area contributed by atoms with Crippen LogP contribution in [0.3, 0.4) is 0 Å². The molecule has 0 radical (unpaired) electrons. The Bertz CT molecular complexity index is 222. The summed E-state index contributed by atoms with van der Waals surface area (Å²) in [5.74, 6) is -0.952. The van der Waals surface area contributed by atoms with E-state index in [2.05, 4.69) is 5.32 Å². The Morgan fingerprint density at radius 3 is 2.88 bits per heavy atom. The molecule has 0 aliphatic heterocycles. The van der Waals surface area contributed by atoms with Gasteiger partial charge in [0.2, 0.25) is 0 Å². The third kappa shape index (κ3) is 4.08. The zero-order valence-corrected chi connectivity index (χ0v) is 9.69. The van der Waals surface area contributed by atoms with Gasteiger partial charge >= 0.3 is 5.97 Å². The molecule has 0 aromatic rings. The SMILES string of the molecule is COCC(CO)NC1CCCC(C(=O)O)C1. The highest BCUT2D eigenvalue weighted by molar-refractivity contribution is 5.70. The summed E-state index contributed by atoms with van der Waals surface area (Å²) >= 11 is 0. The molecule has 94 valence electrons. The van der Waals surface area contributed by atoms with E-state index in [1.165, 1.54) is 0 Å². The van der Waals surface area contributed by atoms with Gasteiger partial charge in [-0.15, -0.1) is 0 Å². The van der Waals surface area contributed by atoms with E-state index < -0.39 is 5.97 Å². The monoisotopic (exact) mass is 231 g/mol. The molecular formula is C11H21NO4. The van der Waals surface area contributed by atoms with Gasteiger partial charge in [0.25, 0.3) is 0 Å². The van der Waals surface area contributed by atoms with Gasteiger partial charge in [-0.25, -0.2) is 0 Å². The second kappa shape index (κ2) is 6.83. The highest BCUT2D eigenvalue weighted by atomic mass is 16.5. The lowest BCUT2D eigenvalue weighted by Gasteiger charge is -2.30. The number of carboxylic acid groups (broad SMARTS) is 1. The molecule has 0 aromatic heterocycles. The van der Waals surface area contributed by atoms with Crippen LogP contribution in [0, 0.1) is 5.92 Å². The minimum absolute atomic E-state index is 0.0160. The van der Waals surface area contributed by atoms with Crippen molar-refractivity contribution >= 4 is 5.97 Å². The zero-order chi connectivity index (χ0) is 12.0. The van der Waals surface area contributed by atoms with Gasteiger partial charge in [0, 0.05) is 13.2 Å². The first kappa shape index (κ1) is 13.4. The topological polar surface area (TPSA) is 78.8 Å². The van der Waals surface area contributed by atoms with Crippen LogP contribution in [0.5, 0.6) is 0 Å². The van der Waals surface area contributed by atoms with Gasteiger partial charge < -0.3 is 20.3 Å². The smallest absolute Gasteiger partial charge is 0.306 e. The summed E-state index contributed by atoms with van der Waals surface area (Å²) in [7, 11) is 1.59. The predicted molar refractivity (Wildman–Crippen MR) is 59.3 cm³/mol. The number of ether oxygens (including phenoxy) is 1. The van der Waals surface area contributed by atoms with Crippen molar-refractivity contribution in [3.63, 3.8) is 0 Å². The van der Waals surface area contributed by atoms with Gasteiger partial charge in [-0.2, -0.15) is 0 Å². The molecule has 0 heterocycles. The maximum Gasteiger partial charge on any atom is 0.306 e. The largest absolute Gasteiger partial charge is 0.481 e. The van der Waals surface area contributed by atoms with Crippen LogP contribution in [0.2, 0.25) is 0 Å². The number of aliphatic carboxylic acids is 1. The summed E-state index contributed by atoms with van der Waals surface area (Å²) in [6.45, 7) is 0.465. The van der Waals surface area contributed by atoms with Crippen molar-refractivity contribution in [2.45, 2.75) is 37.8 Å². The maximum absolute atomic E-state index is 10.9. The van der Waals surface area contributed by atoms with Crippen molar-refractivity contribution in [3.8, 4) is 0 Å². The second-order valence-electron chi connectivity index (χ2n) is 4.40. The predicted octanol–water partition coefficient (Wildman–Crippen LogP) is 0.227. The summed E-state index contributed by atoms with van der Waals surface area (Å²) in [5.41, 5.74) is 0. The average molecular weight is 231 g/mol. The Kier molecular flexibility index (Phi) is 5.73. The minimum atomic E-state index is -0.709. The molecule has 0 spiro atoms. The number of carbonyl (C=O) groups is 1. The first-order valence-corrected chi connectivity index (χ1v) is 5.76. The molecule has 5 nitrogen and oxygen atoms in total. The fourth-order valence-corrected chi connectivity index (χ4v) is 2.25. The quantitative estimate of drug-likeness (QED) is 0.609. The molecule has 1 aliphatic rings. The normalized spacial score (nSPS) is 27.6. The summed E-state index contributed by atoms with van der Waals surface area (Å²) in [4.78, 5) is 10.9. The van der Waals surface area contributed by atoms with Gasteiger partial charge in [-0.3, -0.25) is 4.79 Å². The molecule has 5 heteroatoms. The van der Waals surface area contributed by atoms with Crippen molar-refractivity contribution in [2.24, 2.45) is 5.92 Å². The van der Waals surface area contributed by atoms with E-state index in [0.29, 0.717) is 13.0 Å². The lowest BCUT2D eigenvalue weighted by molar-refractivity contribution is -0.143. The Labute approximate surface area is 95.8 Å². The molecule has 1 rings (SSSR count). The van der Waals surface area contributed by atoms with Crippen LogP contribution in [0.25, 0.3) is 0 Å². The molecule has 0 amide bonds. The molecule has 1 saturated carbocycles. The average Bonchev–Trinajstić information content (AvgIpc) is 2.29. The van der Waals surface area contributed by atoms with Crippen LogP contribution in [0.4, 0.5) is 0 Å². The molecule has 1 fully saturated rings. The van der Waals surface area contributed by atoms with E-state index in [9.17, 15) is 4.79 Å². The van der Waals surface area contributed by atoms with Gasteiger partial charge in [-0.1, -0.05) is 6.42 Å². The highest BCUT2D eigenvalue weighted by Gasteiger charge is 2.27. The Morgan fingerprint density at radius 1 is 1.56 bits per heavy atom. The molecule has 3 atom stereocenters. The number of hydrogen-bond acceptors (Lipinski definition) is 4. The first-order chi connectivity index (χ1) is 7.67. The van der Waals surface area contributed by atoms with E-state index in [4.69, 9.17) is 14.9 Å². The van der Waals surface area contributed by atoms with Crippen LogP contribution >= 0.6 is 0 Å². The van der Waals surface area contributed by atoms with E-state index >= 15 is 0 Å². The van der Waals surface area contributed by atoms with Crippen molar-refractivity contribution in [1.29, 1.82) is 0 Å². The van der Waals surface area contributed by atoms with Crippen LogP contribution in [0.15, 0.2) is 0 Å². The number of nitrogens with one attached hydrogen (secondary N) is 1. The van der Waals surface area contributed by atoms with Crippen LogP contribution in [-0.2, 0) is 9.53 Å². The van der Waals surface area contributed by atoms with E-state index in [1.807, 2.05) is 0 Å². The van der Waals surface area contributed by atoms with Crippen molar-refractivity contribution in [1.82, 2.24) is 5.32 Å². The van der Waals surface area contributed by atoms with Crippen molar-refractivity contribution in [3.05, 3.63) is 0 Å². The lowest BCUT2D eigenvalue weighted by atomic mass is 9.85. The zero-order valence-electron chi connectivity index (χ0n) is 9.69. The third-order valence-corrected chi connectivity index (χ3v) is 3.08. The molecule has 1 aliphatic carbocycles. The van der Waals surface area contributed by atoms with E-state index in [-0.39, 0.29) is 24.6 Å². The van der Waals surface area contributed by atoms with Gasteiger partial charge in [0.05, 0.1) is 25.2 Å². The highest BCUT2D eigenvalue weighted by Crippen LogP contribution is 2.24. The van der Waals surface area contributed by atoms with Gasteiger partial charge in [0.1, 0.15) is 0 Å². The lowest BCUT2D eigenvalue weighted by Crippen LogP contribution is -2.46. The van der Waals surface area contributed by atoms with Gasteiger partial charge in [-0.05, 0) is 19.3 Å². The van der Waals surface area contributed by atoms with Crippen molar-refractivity contribution < 1.29 is 19.7 Å². The second-order valence-corrected chi connectivity index (χ2v) is 4.40. The molecular weight excluding hydrogens is 210 g/mol. The number of carboxylic acids is 1. The number of rotatable bonds is 6. The number of hydrogen-bond donors (Lipinski definition) is 3.